The summed E-state index contributed by atoms with van der Waals surface area (Å²) in [7, 11) is 0. The number of benzene rings is 1. The van der Waals surface area contributed by atoms with Gasteiger partial charge < -0.3 is 5.32 Å². The lowest BCUT2D eigenvalue weighted by Gasteiger charge is -2.17. The normalized spacial score (nSPS) is 23.3. The predicted molar refractivity (Wildman–Crippen MR) is 65.3 cm³/mol. The van der Waals surface area contributed by atoms with Gasteiger partial charge in [0.15, 0.2) is 0 Å². The van der Waals surface area contributed by atoms with Crippen LogP contribution in [0.1, 0.15) is 31.4 Å². The second kappa shape index (κ2) is 4.57. The minimum atomic E-state index is -4.25. The SMILES string of the molecule is CC1(C)CC(Cc2cccc(C(F)(F)F)c2)CN1. The molecule has 1 atom stereocenters. The van der Waals surface area contributed by atoms with Crippen LogP contribution in [0.4, 0.5) is 13.2 Å². The Morgan fingerprint density at radius 1 is 1.33 bits per heavy atom. The van der Waals surface area contributed by atoms with E-state index in [0.717, 1.165) is 24.6 Å². The third kappa shape index (κ3) is 3.25. The Kier molecular flexibility index (Phi) is 3.41. The molecule has 1 saturated heterocycles. The van der Waals surface area contributed by atoms with Crippen molar-refractivity contribution in [2.75, 3.05) is 6.54 Å². The molecule has 1 heterocycles. The molecule has 0 spiro atoms. The number of alkyl halides is 3. The Morgan fingerprint density at radius 2 is 2.06 bits per heavy atom. The quantitative estimate of drug-likeness (QED) is 0.853. The topological polar surface area (TPSA) is 12.0 Å². The fourth-order valence-corrected chi connectivity index (χ4v) is 2.64. The van der Waals surface area contributed by atoms with E-state index in [1.807, 2.05) is 0 Å². The van der Waals surface area contributed by atoms with Crippen LogP contribution in [-0.2, 0) is 12.6 Å². The molecule has 1 fully saturated rings. The molecule has 0 aromatic heterocycles. The molecule has 0 aliphatic carbocycles. The van der Waals surface area contributed by atoms with Crippen LogP contribution in [0.3, 0.4) is 0 Å². The van der Waals surface area contributed by atoms with Crippen LogP contribution in [0, 0.1) is 5.92 Å². The van der Waals surface area contributed by atoms with Gasteiger partial charge in [-0.2, -0.15) is 13.2 Å². The van der Waals surface area contributed by atoms with Crippen LogP contribution in [0.25, 0.3) is 0 Å². The molecule has 1 aromatic carbocycles. The molecule has 1 nitrogen and oxygen atoms in total. The van der Waals surface area contributed by atoms with Crippen LogP contribution >= 0.6 is 0 Å². The van der Waals surface area contributed by atoms with Crippen molar-refractivity contribution in [3.05, 3.63) is 35.4 Å². The fraction of sp³-hybridized carbons (Fsp3) is 0.571. The van der Waals surface area contributed by atoms with Gasteiger partial charge in [-0.05, 0) is 50.8 Å². The minimum Gasteiger partial charge on any atom is -0.311 e. The van der Waals surface area contributed by atoms with E-state index < -0.39 is 11.7 Å². The molecule has 1 aliphatic heterocycles. The predicted octanol–water partition coefficient (Wildman–Crippen LogP) is 3.64. The van der Waals surface area contributed by atoms with Crippen LogP contribution in [0.15, 0.2) is 24.3 Å². The Bertz CT molecular complexity index is 423. The number of rotatable bonds is 2. The highest BCUT2D eigenvalue weighted by atomic mass is 19.4. The Hall–Kier alpha value is -1.03. The highest BCUT2D eigenvalue weighted by Gasteiger charge is 2.32. The van der Waals surface area contributed by atoms with Crippen LogP contribution in [0.5, 0.6) is 0 Å². The van der Waals surface area contributed by atoms with E-state index in [-0.39, 0.29) is 5.54 Å². The summed E-state index contributed by atoms with van der Waals surface area (Å²) >= 11 is 0. The summed E-state index contributed by atoms with van der Waals surface area (Å²) in [6.07, 6.45) is -2.53. The zero-order chi connectivity index (χ0) is 13.4. The maximum Gasteiger partial charge on any atom is 0.416 e. The van der Waals surface area contributed by atoms with Crippen LogP contribution in [0.2, 0.25) is 0 Å². The molecule has 2 rings (SSSR count). The van der Waals surface area contributed by atoms with E-state index in [0.29, 0.717) is 12.3 Å². The first-order valence-corrected chi connectivity index (χ1v) is 6.17. The summed E-state index contributed by atoms with van der Waals surface area (Å²) in [5.41, 5.74) is 0.325. The second-order valence-corrected chi connectivity index (χ2v) is 5.74. The third-order valence-electron chi connectivity index (χ3n) is 3.45. The molecule has 0 radical (unpaired) electrons. The highest BCUT2D eigenvalue weighted by molar-refractivity contribution is 5.26. The van der Waals surface area contributed by atoms with Crippen molar-refractivity contribution >= 4 is 0 Å². The van der Waals surface area contributed by atoms with E-state index in [2.05, 4.69) is 19.2 Å². The van der Waals surface area contributed by atoms with Gasteiger partial charge in [-0.25, -0.2) is 0 Å². The van der Waals surface area contributed by atoms with Gasteiger partial charge in [0.1, 0.15) is 0 Å². The molecule has 1 unspecified atom stereocenters. The third-order valence-corrected chi connectivity index (χ3v) is 3.45. The van der Waals surface area contributed by atoms with Gasteiger partial charge in [-0.15, -0.1) is 0 Å². The van der Waals surface area contributed by atoms with Crippen molar-refractivity contribution < 1.29 is 13.2 Å². The zero-order valence-corrected chi connectivity index (χ0v) is 10.6. The van der Waals surface area contributed by atoms with Crippen molar-refractivity contribution in [1.29, 1.82) is 0 Å². The number of nitrogens with one attached hydrogen (secondary N) is 1. The lowest BCUT2D eigenvalue weighted by atomic mass is 9.91. The molecule has 1 aromatic rings. The smallest absolute Gasteiger partial charge is 0.311 e. The summed E-state index contributed by atoms with van der Waals surface area (Å²) in [5, 5.41) is 3.39. The Morgan fingerprint density at radius 3 is 2.61 bits per heavy atom. The number of hydrogen-bond acceptors (Lipinski definition) is 1. The molecule has 0 saturated carbocycles. The first-order chi connectivity index (χ1) is 8.26. The zero-order valence-electron chi connectivity index (χ0n) is 10.6. The van der Waals surface area contributed by atoms with Crippen molar-refractivity contribution in [2.24, 2.45) is 5.92 Å². The first kappa shape index (κ1) is 13.4. The maximum absolute atomic E-state index is 12.6. The molecule has 18 heavy (non-hydrogen) atoms. The molecular formula is C14H18F3N. The van der Waals surface area contributed by atoms with Crippen LogP contribution < -0.4 is 5.32 Å². The minimum absolute atomic E-state index is 0.103. The van der Waals surface area contributed by atoms with E-state index in [1.54, 1.807) is 6.07 Å². The van der Waals surface area contributed by atoms with Crippen molar-refractivity contribution in [2.45, 2.75) is 38.4 Å². The van der Waals surface area contributed by atoms with Gasteiger partial charge in [0, 0.05) is 5.54 Å². The standard InChI is InChI=1S/C14H18F3N/c1-13(2)8-11(9-18-13)6-10-4-3-5-12(7-10)14(15,16)17/h3-5,7,11,18H,6,8-9H2,1-2H3. The fourth-order valence-electron chi connectivity index (χ4n) is 2.64. The van der Waals surface area contributed by atoms with E-state index in [4.69, 9.17) is 0 Å². The van der Waals surface area contributed by atoms with Gasteiger partial charge >= 0.3 is 6.18 Å². The lowest BCUT2D eigenvalue weighted by molar-refractivity contribution is -0.137. The largest absolute Gasteiger partial charge is 0.416 e. The van der Waals surface area contributed by atoms with Gasteiger partial charge in [0.05, 0.1) is 5.56 Å². The molecule has 4 heteroatoms. The Balaban J connectivity index is 2.07. The summed E-state index contributed by atoms with van der Waals surface area (Å²) in [5.74, 6) is 0.420. The van der Waals surface area contributed by atoms with Crippen molar-refractivity contribution in [1.82, 2.24) is 5.32 Å². The van der Waals surface area contributed by atoms with Gasteiger partial charge in [-0.1, -0.05) is 18.2 Å². The first-order valence-electron chi connectivity index (χ1n) is 6.17. The Labute approximate surface area is 105 Å². The monoisotopic (exact) mass is 257 g/mol. The summed E-state index contributed by atoms with van der Waals surface area (Å²) in [6.45, 7) is 5.13. The molecular weight excluding hydrogens is 239 g/mol. The average molecular weight is 257 g/mol. The average Bonchev–Trinajstić information content (AvgIpc) is 2.57. The summed E-state index contributed by atoms with van der Waals surface area (Å²) < 4.78 is 37.8. The highest BCUT2D eigenvalue weighted by Crippen LogP contribution is 2.31. The second-order valence-electron chi connectivity index (χ2n) is 5.74. The number of halogens is 3. The molecule has 100 valence electrons. The van der Waals surface area contributed by atoms with E-state index in [1.165, 1.54) is 12.1 Å². The maximum atomic E-state index is 12.6. The van der Waals surface area contributed by atoms with Gasteiger partial charge in [-0.3, -0.25) is 0 Å². The van der Waals surface area contributed by atoms with E-state index in [9.17, 15) is 13.2 Å². The lowest BCUT2D eigenvalue weighted by Crippen LogP contribution is -2.31. The summed E-state index contributed by atoms with van der Waals surface area (Å²) in [4.78, 5) is 0. The van der Waals surface area contributed by atoms with E-state index >= 15 is 0 Å². The van der Waals surface area contributed by atoms with Gasteiger partial charge in [0.25, 0.3) is 0 Å². The number of hydrogen-bond donors (Lipinski definition) is 1. The van der Waals surface area contributed by atoms with Crippen LogP contribution in [-0.4, -0.2) is 12.1 Å². The molecule has 0 amide bonds. The molecule has 0 bridgehead atoms. The molecule has 1 N–H and O–H groups in total. The van der Waals surface area contributed by atoms with Gasteiger partial charge in [0.2, 0.25) is 0 Å². The summed E-state index contributed by atoms with van der Waals surface area (Å²) in [6, 6.07) is 5.66. The molecule has 1 aliphatic rings. The van der Waals surface area contributed by atoms with Crippen molar-refractivity contribution in [3.63, 3.8) is 0 Å². The van der Waals surface area contributed by atoms with Crippen molar-refractivity contribution in [3.8, 4) is 0 Å².